The minimum absolute atomic E-state index is 0.0623. The molecule has 0 radical (unpaired) electrons. The lowest BCUT2D eigenvalue weighted by Crippen LogP contribution is -1.84. The van der Waals surface area contributed by atoms with E-state index in [1.165, 1.54) is 18.2 Å². The third-order valence-electron chi connectivity index (χ3n) is 1.53. The Balaban J connectivity index is 3.30. The molecule has 0 aliphatic carbocycles. The lowest BCUT2D eigenvalue weighted by atomic mass is 10.1. The van der Waals surface area contributed by atoms with E-state index in [-0.39, 0.29) is 16.2 Å². The molecule has 68 valence electrons. The molecule has 0 aromatic heterocycles. The first-order valence-corrected chi connectivity index (χ1v) is 4.02. The number of hydrogen-bond donors (Lipinski definition) is 0. The number of nitrogens with zero attached hydrogens (tertiary/aromatic N) is 2. The summed E-state index contributed by atoms with van der Waals surface area (Å²) in [7, 11) is 0. The molecule has 0 unspecified atom stereocenters. The van der Waals surface area contributed by atoms with Gasteiger partial charge >= 0.3 is 0 Å². The topological polar surface area (TPSA) is 47.6 Å². The van der Waals surface area contributed by atoms with Crippen molar-refractivity contribution >= 4 is 17.7 Å². The average molecular weight is 207 g/mol. The molecule has 1 aromatic carbocycles. The summed E-state index contributed by atoms with van der Waals surface area (Å²) >= 11 is 5.68. The molecule has 1 aromatic rings. The minimum Gasteiger partial charge on any atom is -0.206 e. The molecule has 0 fully saturated rings. The molecule has 0 spiro atoms. The molecule has 0 saturated heterocycles. The summed E-state index contributed by atoms with van der Waals surface area (Å²) in [4.78, 5) is 0. The second-order valence-electron chi connectivity index (χ2n) is 2.42. The van der Waals surface area contributed by atoms with Crippen molar-refractivity contribution in [3.63, 3.8) is 0 Å². The lowest BCUT2D eigenvalue weighted by Gasteiger charge is -1.98. The predicted molar refractivity (Wildman–Crippen MR) is 50.6 cm³/mol. The first-order chi connectivity index (χ1) is 6.69. The highest BCUT2D eigenvalue weighted by atomic mass is 35.5. The Bertz CT molecular complexity index is 430. The highest BCUT2D eigenvalue weighted by Crippen LogP contribution is 2.21. The van der Waals surface area contributed by atoms with Gasteiger partial charge in [-0.3, -0.25) is 0 Å². The van der Waals surface area contributed by atoms with E-state index in [1.54, 1.807) is 12.1 Å². The summed E-state index contributed by atoms with van der Waals surface area (Å²) in [5, 5.41) is 17.1. The molecule has 4 heteroatoms. The smallest absolute Gasteiger partial charge is 0.131 e. The van der Waals surface area contributed by atoms with E-state index in [1.807, 2.05) is 0 Å². The zero-order valence-electron chi connectivity index (χ0n) is 6.96. The molecule has 0 bridgehead atoms. The molecule has 0 aliphatic heterocycles. The van der Waals surface area contributed by atoms with Crippen molar-refractivity contribution in [2.24, 2.45) is 0 Å². The molecular weight excluding hydrogens is 203 g/mol. The molecule has 1 rings (SSSR count). The average Bonchev–Trinajstić information content (AvgIpc) is 2.18. The summed E-state index contributed by atoms with van der Waals surface area (Å²) in [5.74, 6) is -0.555. The fourth-order valence-electron chi connectivity index (χ4n) is 0.882. The van der Waals surface area contributed by atoms with E-state index in [2.05, 4.69) is 0 Å². The Morgan fingerprint density at radius 3 is 2.50 bits per heavy atom. The van der Waals surface area contributed by atoms with Crippen molar-refractivity contribution < 1.29 is 4.39 Å². The van der Waals surface area contributed by atoms with Gasteiger partial charge < -0.3 is 0 Å². The Hall–Kier alpha value is -1.84. The predicted octanol–water partition coefficient (Wildman–Crippen LogP) is 2.91. The summed E-state index contributed by atoms with van der Waals surface area (Å²) in [5.41, 5.74) is -0.121. The highest BCUT2D eigenvalue weighted by Gasteiger charge is 2.05. The monoisotopic (exact) mass is 206 g/mol. The van der Waals surface area contributed by atoms with Gasteiger partial charge in [0.25, 0.3) is 0 Å². The van der Waals surface area contributed by atoms with Crippen LogP contribution in [0.3, 0.4) is 0 Å². The summed E-state index contributed by atoms with van der Waals surface area (Å²) in [6, 6.07) is 7.41. The fourth-order valence-corrected chi connectivity index (χ4v) is 1.10. The van der Waals surface area contributed by atoms with Gasteiger partial charge in [0, 0.05) is 5.56 Å². The van der Waals surface area contributed by atoms with Crippen LogP contribution in [0.15, 0.2) is 23.8 Å². The van der Waals surface area contributed by atoms with Gasteiger partial charge in [-0.2, -0.15) is 10.5 Å². The normalized spacial score (nSPS) is 8.57. The number of hydrogen-bond acceptors (Lipinski definition) is 2. The number of allylic oxidation sites excluding steroid dienone is 1. The zero-order valence-corrected chi connectivity index (χ0v) is 7.72. The SMILES string of the molecule is N#CC(C#N)=Cc1c(F)cccc1Cl. The number of benzene rings is 1. The standard InChI is InChI=1S/C10H4ClFN2/c11-9-2-1-3-10(12)8(9)4-7(5-13)6-14/h1-4H. The minimum atomic E-state index is -0.555. The van der Waals surface area contributed by atoms with E-state index >= 15 is 0 Å². The first kappa shape index (κ1) is 10.2. The fraction of sp³-hybridized carbons (Fsp3) is 0. The van der Waals surface area contributed by atoms with Gasteiger partial charge in [-0.25, -0.2) is 4.39 Å². The van der Waals surface area contributed by atoms with E-state index in [0.717, 1.165) is 6.08 Å². The van der Waals surface area contributed by atoms with Crippen LogP contribution in [0.25, 0.3) is 6.08 Å². The molecule has 2 nitrogen and oxygen atoms in total. The van der Waals surface area contributed by atoms with Crippen molar-refractivity contribution in [1.29, 1.82) is 10.5 Å². The van der Waals surface area contributed by atoms with Gasteiger partial charge in [0.2, 0.25) is 0 Å². The van der Waals surface area contributed by atoms with Gasteiger partial charge in [-0.05, 0) is 18.2 Å². The molecular formula is C10H4ClFN2. The van der Waals surface area contributed by atoms with Gasteiger partial charge in [0.05, 0.1) is 5.02 Å². The summed E-state index contributed by atoms with van der Waals surface area (Å²) in [6.07, 6.45) is 1.12. The Kier molecular flexibility index (Phi) is 3.23. The second kappa shape index (κ2) is 4.41. The maximum absolute atomic E-state index is 13.1. The molecule has 0 N–H and O–H groups in total. The maximum Gasteiger partial charge on any atom is 0.131 e. The first-order valence-electron chi connectivity index (χ1n) is 3.65. The maximum atomic E-state index is 13.1. The third-order valence-corrected chi connectivity index (χ3v) is 1.86. The summed E-state index contributed by atoms with van der Waals surface area (Å²) in [6.45, 7) is 0. The van der Waals surface area contributed by atoms with E-state index in [9.17, 15) is 4.39 Å². The number of rotatable bonds is 1. The van der Waals surface area contributed by atoms with Crippen LogP contribution in [0.5, 0.6) is 0 Å². The summed E-state index contributed by atoms with van der Waals surface area (Å²) < 4.78 is 13.1. The molecule has 14 heavy (non-hydrogen) atoms. The zero-order chi connectivity index (χ0) is 10.6. The van der Waals surface area contributed by atoms with Crippen molar-refractivity contribution in [2.45, 2.75) is 0 Å². The number of halogens is 2. The Morgan fingerprint density at radius 2 is 2.00 bits per heavy atom. The van der Waals surface area contributed by atoms with E-state index in [4.69, 9.17) is 22.1 Å². The molecule has 0 heterocycles. The van der Waals surface area contributed by atoms with Crippen LogP contribution in [-0.2, 0) is 0 Å². The second-order valence-corrected chi connectivity index (χ2v) is 2.82. The van der Waals surface area contributed by atoms with Crippen LogP contribution in [0.2, 0.25) is 5.02 Å². The molecule has 0 atom stereocenters. The van der Waals surface area contributed by atoms with Crippen molar-refractivity contribution in [3.8, 4) is 12.1 Å². The molecule has 0 aliphatic rings. The van der Waals surface area contributed by atoms with Gasteiger partial charge in [0.1, 0.15) is 23.5 Å². The van der Waals surface area contributed by atoms with E-state index < -0.39 is 5.82 Å². The van der Waals surface area contributed by atoms with Crippen molar-refractivity contribution in [2.75, 3.05) is 0 Å². The number of nitriles is 2. The van der Waals surface area contributed by atoms with E-state index in [0.29, 0.717) is 0 Å². The van der Waals surface area contributed by atoms with Gasteiger partial charge in [-0.15, -0.1) is 0 Å². The Labute approximate surface area is 85.5 Å². The van der Waals surface area contributed by atoms with Crippen LogP contribution in [0.4, 0.5) is 4.39 Å². The van der Waals surface area contributed by atoms with Crippen LogP contribution in [-0.4, -0.2) is 0 Å². The van der Waals surface area contributed by atoms with Crippen molar-refractivity contribution in [3.05, 3.63) is 40.2 Å². The molecule has 0 saturated carbocycles. The quantitative estimate of drug-likeness (QED) is 0.664. The highest BCUT2D eigenvalue weighted by molar-refractivity contribution is 6.32. The largest absolute Gasteiger partial charge is 0.206 e. The third kappa shape index (κ3) is 2.10. The lowest BCUT2D eigenvalue weighted by molar-refractivity contribution is 0.625. The van der Waals surface area contributed by atoms with Crippen LogP contribution < -0.4 is 0 Å². The van der Waals surface area contributed by atoms with Crippen molar-refractivity contribution in [1.82, 2.24) is 0 Å². The van der Waals surface area contributed by atoms with Crippen LogP contribution >= 0.6 is 11.6 Å². The Morgan fingerprint density at radius 1 is 1.36 bits per heavy atom. The van der Waals surface area contributed by atoms with Gasteiger partial charge in [-0.1, -0.05) is 17.7 Å². The van der Waals surface area contributed by atoms with Gasteiger partial charge in [0.15, 0.2) is 0 Å². The van der Waals surface area contributed by atoms with Crippen LogP contribution in [0, 0.1) is 28.5 Å². The molecule has 0 amide bonds. The van der Waals surface area contributed by atoms with Crippen LogP contribution in [0.1, 0.15) is 5.56 Å².